The van der Waals surface area contributed by atoms with Crippen molar-refractivity contribution in [1.82, 2.24) is 0 Å². The van der Waals surface area contributed by atoms with Crippen LogP contribution in [0, 0.1) is 11.2 Å². The zero-order chi connectivity index (χ0) is 15.6. The molecule has 1 rings (SSSR count). The van der Waals surface area contributed by atoms with Crippen LogP contribution in [0.2, 0.25) is 0 Å². The van der Waals surface area contributed by atoms with E-state index < -0.39 is 27.4 Å². The SMILES string of the molecule is CC(C)(C)CCOC(=O)c1cc(S(N)(=O)=O)ccc1F. The van der Waals surface area contributed by atoms with Gasteiger partial charge in [0.25, 0.3) is 0 Å². The summed E-state index contributed by atoms with van der Waals surface area (Å²) < 4.78 is 40.8. The Morgan fingerprint density at radius 1 is 1.35 bits per heavy atom. The summed E-state index contributed by atoms with van der Waals surface area (Å²) in [7, 11) is -3.99. The third-order valence-electron chi connectivity index (χ3n) is 2.57. The number of primary sulfonamides is 1. The van der Waals surface area contributed by atoms with Crippen molar-refractivity contribution in [3.8, 4) is 0 Å². The predicted octanol–water partition coefficient (Wildman–Crippen LogP) is 2.07. The summed E-state index contributed by atoms with van der Waals surface area (Å²) in [6, 6.07) is 2.75. The fourth-order valence-electron chi connectivity index (χ4n) is 1.37. The second-order valence-electron chi connectivity index (χ2n) is 5.63. The van der Waals surface area contributed by atoms with Crippen LogP contribution in [0.25, 0.3) is 0 Å². The number of halogens is 1. The van der Waals surface area contributed by atoms with E-state index in [2.05, 4.69) is 0 Å². The second-order valence-corrected chi connectivity index (χ2v) is 7.19. The Bertz CT molecular complexity index is 605. The fraction of sp³-hybridized carbons (Fsp3) is 0.462. The van der Waals surface area contributed by atoms with Gasteiger partial charge in [-0.25, -0.2) is 22.7 Å². The van der Waals surface area contributed by atoms with E-state index in [1.807, 2.05) is 20.8 Å². The summed E-state index contributed by atoms with van der Waals surface area (Å²) in [6.07, 6.45) is 0.606. The molecule has 0 saturated heterocycles. The van der Waals surface area contributed by atoms with Gasteiger partial charge < -0.3 is 4.74 Å². The standard InChI is InChI=1S/C13H18FNO4S/c1-13(2,3)6-7-19-12(16)10-8-9(20(15,17)18)4-5-11(10)14/h4-5,8H,6-7H2,1-3H3,(H2,15,17,18). The molecule has 1 aromatic rings. The first-order chi connectivity index (χ1) is 9.00. The van der Waals surface area contributed by atoms with Crippen molar-refractivity contribution in [1.29, 1.82) is 0 Å². The highest BCUT2D eigenvalue weighted by Gasteiger charge is 2.19. The van der Waals surface area contributed by atoms with Crippen molar-refractivity contribution in [3.05, 3.63) is 29.6 Å². The van der Waals surface area contributed by atoms with Crippen molar-refractivity contribution >= 4 is 16.0 Å². The van der Waals surface area contributed by atoms with Crippen LogP contribution in [0.4, 0.5) is 4.39 Å². The van der Waals surface area contributed by atoms with E-state index in [0.29, 0.717) is 6.42 Å². The molecule has 0 aliphatic heterocycles. The lowest BCUT2D eigenvalue weighted by molar-refractivity contribution is 0.0459. The molecule has 0 atom stereocenters. The minimum absolute atomic E-state index is 0.0265. The summed E-state index contributed by atoms with van der Waals surface area (Å²) in [5.41, 5.74) is -0.466. The average molecular weight is 303 g/mol. The lowest BCUT2D eigenvalue weighted by Crippen LogP contribution is -2.16. The maximum atomic E-state index is 13.5. The number of rotatable bonds is 4. The van der Waals surface area contributed by atoms with E-state index in [-0.39, 0.29) is 16.9 Å². The van der Waals surface area contributed by atoms with Crippen molar-refractivity contribution in [3.63, 3.8) is 0 Å². The van der Waals surface area contributed by atoms with Crippen molar-refractivity contribution in [2.24, 2.45) is 10.6 Å². The Balaban J connectivity index is 2.88. The Labute approximate surface area is 118 Å². The van der Waals surface area contributed by atoms with E-state index in [9.17, 15) is 17.6 Å². The number of esters is 1. The van der Waals surface area contributed by atoms with Crippen molar-refractivity contribution < 1.29 is 22.3 Å². The molecule has 20 heavy (non-hydrogen) atoms. The van der Waals surface area contributed by atoms with Gasteiger partial charge in [0.05, 0.1) is 17.1 Å². The molecule has 7 heteroatoms. The third-order valence-corrected chi connectivity index (χ3v) is 3.48. The Morgan fingerprint density at radius 2 is 1.95 bits per heavy atom. The van der Waals surface area contributed by atoms with Crippen LogP contribution in [0.3, 0.4) is 0 Å². The molecular formula is C13H18FNO4S. The van der Waals surface area contributed by atoms with Crippen LogP contribution in [-0.2, 0) is 14.8 Å². The molecule has 0 radical (unpaired) electrons. The Kier molecular flexibility index (Phi) is 4.88. The molecule has 0 fully saturated rings. The average Bonchev–Trinajstić information content (AvgIpc) is 2.25. The van der Waals surface area contributed by atoms with Crippen LogP contribution in [0.5, 0.6) is 0 Å². The molecule has 0 heterocycles. The largest absolute Gasteiger partial charge is 0.462 e. The van der Waals surface area contributed by atoms with Gasteiger partial charge in [0.1, 0.15) is 5.82 Å². The lowest BCUT2D eigenvalue weighted by atomic mass is 9.93. The summed E-state index contributed by atoms with van der Waals surface area (Å²) in [5, 5.41) is 4.93. The number of hydrogen-bond acceptors (Lipinski definition) is 4. The molecule has 0 saturated carbocycles. The van der Waals surface area contributed by atoms with Gasteiger partial charge in [-0.3, -0.25) is 0 Å². The molecule has 0 unspecified atom stereocenters. The first kappa shape index (κ1) is 16.6. The minimum atomic E-state index is -3.99. The number of nitrogens with two attached hydrogens (primary N) is 1. The molecule has 1 aromatic carbocycles. The smallest absolute Gasteiger partial charge is 0.341 e. The quantitative estimate of drug-likeness (QED) is 0.863. The summed E-state index contributed by atoms with van der Waals surface area (Å²) in [4.78, 5) is 11.4. The predicted molar refractivity (Wildman–Crippen MR) is 72.1 cm³/mol. The van der Waals surface area contributed by atoms with Gasteiger partial charge >= 0.3 is 5.97 Å². The third kappa shape index (κ3) is 4.90. The maximum absolute atomic E-state index is 13.5. The highest BCUT2D eigenvalue weighted by atomic mass is 32.2. The van der Waals surface area contributed by atoms with E-state index in [0.717, 1.165) is 18.2 Å². The highest BCUT2D eigenvalue weighted by molar-refractivity contribution is 7.89. The number of carbonyl (C=O) groups is 1. The molecule has 0 spiro atoms. The molecule has 112 valence electrons. The maximum Gasteiger partial charge on any atom is 0.341 e. The van der Waals surface area contributed by atoms with Crippen LogP contribution < -0.4 is 5.14 Å². The van der Waals surface area contributed by atoms with Crippen LogP contribution in [-0.4, -0.2) is 21.0 Å². The zero-order valence-corrected chi connectivity index (χ0v) is 12.5. The summed E-state index contributed by atoms with van der Waals surface area (Å²) in [5.74, 6) is -1.75. The first-order valence-electron chi connectivity index (χ1n) is 6.00. The van der Waals surface area contributed by atoms with Gasteiger partial charge in [-0.1, -0.05) is 20.8 Å². The molecule has 5 nitrogen and oxygen atoms in total. The van der Waals surface area contributed by atoms with E-state index in [1.54, 1.807) is 0 Å². The molecule has 0 aliphatic rings. The molecule has 0 aliphatic carbocycles. The van der Waals surface area contributed by atoms with Crippen LogP contribution >= 0.6 is 0 Å². The monoisotopic (exact) mass is 303 g/mol. The Hall–Kier alpha value is -1.47. The number of sulfonamides is 1. The van der Waals surface area contributed by atoms with E-state index in [4.69, 9.17) is 9.88 Å². The number of hydrogen-bond donors (Lipinski definition) is 1. The molecule has 2 N–H and O–H groups in total. The van der Waals surface area contributed by atoms with Gasteiger partial charge in [0.15, 0.2) is 0 Å². The summed E-state index contributed by atoms with van der Waals surface area (Å²) in [6.45, 7) is 6.05. The highest BCUT2D eigenvalue weighted by Crippen LogP contribution is 2.19. The molecule has 0 aromatic heterocycles. The number of benzene rings is 1. The Morgan fingerprint density at radius 3 is 2.45 bits per heavy atom. The first-order valence-corrected chi connectivity index (χ1v) is 7.55. The van der Waals surface area contributed by atoms with E-state index in [1.165, 1.54) is 0 Å². The molecule has 0 bridgehead atoms. The zero-order valence-electron chi connectivity index (χ0n) is 11.6. The molecule has 0 amide bonds. The number of ether oxygens (including phenoxy) is 1. The number of carbonyl (C=O) groups excluding carboxylic acids is 1. The van der Waals surface area contributed by atoms with Gasteiger partial charge in [-0.2, -0.15) is 0 Å². The topological polar surface area (TPSA) is 86.5 Å². The molecular weight excluding hydrogens is 285 g/mol. The minimum Gasteiger partial charge on any atom is -0.462 e. The van der Waals surface area contributed by atoms with Crippen molar-refractivity contribution in [2.75, 3.05) is 6.61 Å². The lowest BCUT2D eigenvalue weighted by Gasteiger charge is -2.17. The van der Waals surface area contributed by atoms with Gasteiger partial charge in [-0.05, 0) is 30.0 Å². The van der Waals surface area contributed by atoms with Gasteiger partial charge in [-0.15, -0.1) is 0 Å². The van der Waals surface area contributed by atoms with Gasteiger partial charge in [0.2, 0.25) is 10.0 Å². The van der Waals surface area contributed by atoms with E-state index >= 15 is 0 Å². The van der Waals surface area contributed by atoms with Gasteiger partial charge in [0, 0.05) is 0 Å². The van der Waals surface area contributed by atoms with Crippen LogP contribution in [0.15, 0.2) is 23.1 Å². The van der Waals surface area contributed by atoms with Crippen LogP contribution in [0.1, 0.15) is 37.6 Å². The summed E-state index contributed by atoms with van der Waals surface area (Å²) >= 11 is 0. The van der Waals surface area contributed by atoms with Crippen molar-refractivity contribution in [2.45, 2.75) is 32.1 Å². The normalized spacial score (nSPS) is 12.2. The fourth-order valence-corrected chi connectivity index (χ4v) is 1.91. The second kappa shape index (κ2) is 5.88.